The van der Waals surface area contributed by atoms with Crippen molar-refractivity contribution >= 4 is 15.6 Å². The first-order valence-electron chi connectivity index (χ1n) is 4.42. The molecule has 0 atom stereocenters. The molecule has 0 aliphatic carbocycles. The molecule has 2 N–H and O–H groups in total. The van der Waals surface area contributed by atoms with Gasteiger partial charge in [-0.05, 0) is 11.6 Å². The lowest BCUT2D eigenvalue weighted by molar-refractivity contribution is 0.100. The van der Waals surface area contributed by atoms with Crippen LogP contribution in [0.3, 0.4) is 0 Å². The highest BCUT2D eigenvalue weighted by Gasteiger charge is 2.07. The third kappa shape index (κ3) is 3.81. The van der Waals surface area contributed by atoms with Crippen molar-refractivity contribution in [1.29, 1.82) is 0 Å². The van der Waals surface area contributed by atoms with Crippen LogP contribution in [0.5, 0.6) is 0 Å². The first-order chi connectivity index (χ1) is 6.92. The molecule has 0 heterocycles. The highest BCUT2D eigenvalue weighted by Crippen LogP contribution is 2.08. The molecular formula is C10H13NO3S. The molecule has 1 aromatic rings. The summed E-state index contributed by atoms with van der Waals surface area (Å²) >= 11 is 0. The number of ketones is 1. The van der Waals surface area contributed by atoms with Gasteiger partial charge in [0.2, 0.25) is 0 Å². The van der Waals surface area contributed by atoms with E-state index < -0.39 is 9.84 Å². The standard InChI is InChI=1S/C10H13NO3S/c1-15(13,14)7-8-3-2-4-9(5-8)10(12)6-11/h2-5H,6-7,11H2,1H3. The van der Waals surface area contributed by atoms with Gasteiger partial charge in [0.15, 0.2) is 15.6 Å². The summed E-state index contributed by atoms with van der Waals surface area (Å²) in [4.78, 5) is 11.3. The van der Waals surface area contributed by atoms with E-state index in [1.807, 2.05) is 0 Å². The fourth-order valence-corrected chi connectivity index (χ4v) is 2.04. The number of carbonyl (C=O) groups is 1. The summed E-state index contributed by atoms with van der Waals surface area (Å²) in [5.74, 6) is -0.246. The van der Waals surface area contributed by atoms with Gasteiger partial charge in [-0.3, -0.25) is 4.79 Å². The minimum Gasteiger partial charge on any atom is -0.324 e. The highest BCUT2D eigenvalue weighted by molar-refractivity contribution is 7.89. The number of hydrogen-bond acceptors (Lipinski definition) is 4. The summed E-state index contributed by atoms with van der Waals surface area (Å²) in [7, 11) is -3.07. The van der Waals surface area contributed by atoms with E-state index in [1.54, 1.807) is 24.3 Å². The topological polar surface area (TPSA) is 77.2 Å². The Hall–Kier alpha value is -1.20. The molecule has 0 aliphatic rings. The molecule has 0 saturated carbocycles. The predicted octanol–water partition coefficient (Wildman–Crippen LogP) is 0.373. The Morgan fingerprint density at radius 2 is 2.07 bits per heavy atom. The summed E-state index contributed by atoms with van der Waals surface area (Å²) in [5, 5.41) is 0. The highest BCUT2D eigenvalue weighted by atomic mass is 32.2. The maximum absolute atomic E-state index is 11.3. The van der Waals surface area contributed by atoms with Gasteiger partial charge in [-0.2, -0.15) is 0 Å². The van der Waals surface area contributed by atoms with Crippen molar-refractivity contribution in [2.75, 3.05) is 12.8 Å². The van der Waals surface area contributed by atoms with Gasteiger partial charge < -0.3 is 5.73 Å². The molecule has 0 amide bonds. The van der Waals surface area contributed by atoms with Crippen LogP contribution in [0.15, 0.2) is 24.3 Å². The van der Waals surface area contributed by atoms with E-state index in [2.05, 4.69) is 0 Å². The molecule has 82 valence electrons. The van der Waals surface area contributed by atoms with Gasteiger partial charge in [-0.1, -0.05) is 18.2 Å². The van der Waals surface area contributed by atoms with Crippen molar-refractivity contribution in [3.05, 3.63) is 35.4 Å². The lowest BCUT2D eigenvalue weighted by atomic mass is 10.1. The lowest BCUT2D eigenvalue weighted by Gasteiger charge is -2.02. The van der Waals surface area contributed by atoms with E-state index in [0.717, 1.165) is 6.26 Å². The van der Waals surface area contributed by atoms with Crippen molar-refractivity contribution in [2.24, 2.45) is 5.73 Å². The van der Waals surface area contributed by atoms with Crippen LogP contribution in [-0.2, 0) is 15.6 Å². The van der Waals surface area contributed by atoms with Crippen LogP contribution >= 0.6 is 0 Å². The van der Waals surface area contributed by atoms with Crippen LogP contribution in [0.25, 0.3) is 0 Å². The molecule has 4 nitrogen and oxygen atoms in total. The largest absolute Gasteiger partial charge is 0.324 e. The van der Waals surface area contributed by atoms with Crippen molar-refractivity contribution in [1.82, 2.24) is 0 Å². The zero-order chi connectivity index (χ0) is 11.5. The smallest absolute Gasteiger partial charge is 0.176 e. The molecule has 0 fully saturated rings. The average molecular weight is 227 g/mol. The lowest BCUT2D eigenvalue weighted by Crippen LogP contribution is -2.13. The molecule has 5 heteroatoms. The Morgan fingerprint density at radius 3 is 2.60 bits per heavy atom. The van der Waals surface area contributed by atoms with E-state index in [-0.39, 0.29) is 18.1 Å². The van der Waals surface area contributed by atoms with Gasteiger partial charge in [0, 0.05) is 11.8 Å². The number of sulfone groups is 1. The number of rotatable bonds is 4. The SMILES string of the molecule is CS(=O)(=O)Cc1cccc(C(=O)CN)c1. The molecular weight excluding hydrogens is 214 g/mol. The maximum Gasteiger partial charge on any atom is 0.176 e. The maximum atomic E-state index is 11.3. The normalized spacial score (nSPS) is 11.3. The van der Waals surface area contributed by atoms with Crippen molar-refractivity contribution in [3.8, 4) is 0 Å². The second-order valence-corrected chi connectivity index (χ2v) is 5.54. The van der Waals surface area contributed by atoms with Gasteiger partial charge in [0.05, 0.1) is 12.3 Å². The molecule has 0 radical (unpaired) electrons. The van der Waals surface area contributed by atoms with E-state index in [0.29, 0.717) is 11.1 Å². The predicted molar refractivity (Wildman–Crippen MR) is 58.4 cm³/mol. The second kappa shape index (κ2) is 4.55. The Labute approximate surface area is 89.0 Å². The van der Waals surface area contributed by atoms with E-state index in [1.165, 1.54) is 0 Å². The third-order valence-corrected chi connectivity index (χ3v) is 2.72. The van der Waals surface area contributed by atoms with Crippen molar-refractivity contribution in [2.45, 2.75) is 5.75 Å². The number of carbonyl (C=O) groups excluding carboxylic acids is 1. The zero-order valence-corrected chi connectivity index (χ0v) is 9.25. The molecule has 15 heavy (non-hydrogen) atoms. The van der Waals surface area contributed by atoms with Crippen molar-refractivity contribution < 1.29 is 13.2 Å². The number of hydrogen-bond donors (Lipinski definition) is 1. The van der Waals surface area contributed by atoms with Crippen LogP contribution < -0.4 is 5.73 Å². The average Bonchev–Trinajstić information content (AvgIpc) is 2.14. The van der Waals surface area contributed by atoms with Gasteiger partial charge in [0.1, 0.15) is 0 Å². The summed E-state index contributed by atoms with van der Waals surface area (Å²) in [6.45, 7) is -0.0671. The van der Waals surface area contributed by atoms with Crippen LogP contribution in [-0.4, -0.2) is 27.0 Å². The Morgan fingerprint density at radius 1 is 1.40 bits per heavy atom. The molecule has 0 unspecified atom stereocenters. The third-order valence-electron chi connectivity index (χ3n) is 1.86. The van der Waals surface area contributed by atoms with Crippen LogP contribution in [0, 0.1) is 0 Å². The van der Waals surface area contributed by atoms with Crippen LogP contribution in [0.2, 0.25) is 0 Å². The quantitative estimate of drug-likeness (QED) is 0.754. The summed E-state index contributed by atoms with van der Waals surface area (Å²) in [6, 6.07) is 6.52. The van der Waals surface area contributed by atoms with E-state index in [4.69, 9.17) is 5.73 Å². The molecule has 0 bridgehead atoms. The van der Waals surface area contributed by atoms with Crippen LogP contribution in [0.4, 0.5) is 0 Å². The number of benzene rings is 1. The first kappa shape index (κ1) is 11.9. The van der Waals surface area contributed by atoms with E-state index >= 15 is 0 Å². The zero-order valence-electron chi connectivity index (χ0n) is 8.43. The molecule has 0 aliphatic heterocycles. The van der Waals surface area contributed by atoms with Gasteiger partial charge in [-0.15, -0.1) is 0 Å². The van der Waals surface area contributed by atoms with Gasteiger partial charge >= 0.3 is 0 Å². The van der Waals surface area contributed by atoms with Gasteiger partial charge in [0.25, 0.3) is 0 Å². The number of nitrogens with two attached hydrogens (primary N) is 1. The number of Topliss-reactive ketones (excluding diaryl/α,β-unsaturated/α-hetero) is 1. The fourth-order valence-electron chi connectivity index (χ4n) is 1.26. The van der Waals surface area contributed by atoms with Gasteiger partial charge in [-0.25, -0.2) is 8.42 Å². The summed E-state index contributed by atoms with van der Waals surface area (Å²) in [6.07, 6.45) is 1.16. The van der Waals surface area contributed by atoms with Crippen LogP contribution in [0.1, 0.15) is 15.9 Å². The monoisotopic (exact) mass is 227 g/mol. The molecule has 0 saturated heterocycles. The minimum atomic E-state index is -3.07. The first-order valence-corrected chi connectivity index (χ1v) is 6.48. The van der Waals surface area contributed by atoms with Crippen molar-refractivity contribution in [3.63, 3.8) is 0 Å². The molecule has 1 aromatic carbocycles. The second-order valence-electron chi connectivity index (χ2n) is 3.40. The summed E-state index contributed by atoms with van der Waals surface area (Å²) in [5.41, 5.74) is 6.28. The Bertz CT molecular complexity index is 465. The summed E-state index contributed by atoms with van der Waals surface area (Å²) < 4.78 is 22.1. The van der Waals surface area contributed by atoms with E-state index in [9.17, 15) is 13.2 Å². The Balaban J connectivity index is 2.98. The molecule has 1 rings (SSSR count). The molecule has 0 spiro atoms. The minimum absolute atomic E-state index is 0.0569. The fraction of sp³-hybridized carbons (Fsp3) is 0.300. The molecule has 0 aromatic heterocycles. The Kier molecular flexibility index (Phi) is 3.60.